The topological polar surface area (TPSA) is 25.8 Å². The van der Waals surface area contributed by atoms with Gasteiger partial charge in [-0.2, -0.15) is 0 Å². The highest BCUT2D eigenvalue weighted by Crippen LogP contribution is 2.17. The van der Waals surface area contributed by atoms with E-state index in [1.54, 1.807) is 0 Å². The van der Waals surface area contributed by atoms with Crippen molar-refractivity contribution >= 4 is 27.0 Å². The molecule has 0 spiro atoms. The zero-order valence-corrected chi connectivity index (χ0v) is 9.16. The molecule has 1 heterocycles. The molecule has 0 aliphatic rings. The highest BCUT2D eigenvalue weighted by Gasteiger charge is 2.03. The smallest absolute Gasteiger partial charge is 0.128 e. The quantitative estimate of drug-likeness (QED) is 0.764. The van der Waals surface area contributed by atoms with E-state index < -0.39 is 0 Å². The van der Waals surface area contributed by atoms with Crippen molar-refractivity contribution in [1.29, 1.82) is 0 Å². The van der Waals surface area contributed by atoms with E-state index in [1.165, 1.54) is 0 Å². The normalized spacial score (nSPS) is 10.4. The van der Waals surface area contributed by atoms with Crippen LogP contribution in [0, 0.1) is 0 Å². The first-order valence-corrected chi connectivity index (χ1v) is 5.12. The number of rotatable bonds is 2. The van der Waals surface area contributed by atoms with Gasteiger partial charge in [0.25, 0.3) is 0 Å². The highest BCUT2D eigenvalue weighted by atomic mass is 79.9. The number of aromatic nitrogens is 2. The molecule has 2 nitrogen and oxygen atoms in total. The van der Waals surface area contributed by atoms with E-state index in [-0.39, 0.29) is 0 Å². The molecule has 2 aromatic rings. The van der Waals surface area contributed by atoms with Crippen LogP contribution in [0.3, 0.4) is 0 Å². The maximum Gasteiger partial charge on any atom is 0.128 e. The fraction of sp³-hybridized carbons (Fsp3) is 0.0909. The Hall–Kier alpha value is -1.22. The van der Waals surface area contributed by atoms with Gasteiger partial charge in [-0.3, -0.25) is 0 Å². The maximum atomic E-state index is 4.48. The van der Waals surface area contributed by atoms with Crippen LogP contribution >= 0.6 is 15.9 Å². The lowest BCUT2D eigenvalue weighted by Gasteiger charge is -2.02. The molecular weight excluding hydrogens is 240 g/mol. The van der Waals surface area contributed by atoms with E-state index in [2.05, 4.69) is 32.5 Å². The average molecular weight is 249 g/mol. The van der Waals surface area contributed by atoms with Crippen molar-refractivity contribution in [1.82, 2.24) is 9.97 Å². The fourth-order valence-electron chi connectivity index (χ4n) is 1.28. The van der Waals surface area contributed by atoms with Crippen LogP contribution in [0.5, 0.6) is 0 Å². The van der Waals surface area contributed by atoms with Crippen LogP contribution in [-0.2, 0) is 6.42 Å². The monoisotopic (exact) mass is 248 g/mol. The molecule has 0 N–H and O–H groups in total. The van der Waals surface area contributed by atoms with Crippen LogP contribution in [-0.4, -0.2) is 9.97 Å². The molecule has 1 aromatic heterocycles. The third kappa shape index (κ3) is 1.68. The summed E-state index contributed by atoms with van der Waals surface area (Å²) in [7, 11) is 0. The summed E-state index contributed by atoms with van der Waals surface area (Å²) in [5.74, 6) is 0. The Balaban J connectivity index is 2.64. The van der Waals surface area contributed by atoms with E-state index in [4.69, 9.17) is 0 Å². The Labute approximate surface area is 90.8 Å². The summed E-state index contributed by atoms with van der Waals surface area (Å²) in [4.78, 5) is 8.88. The molecule has 14 heavy (non-hydrogen) atoms. The summed E-state index contributed by atoms with van der Waals surface area (Å²) in [6.45, 7) is 3.69. The molecule has 0 saturated carbocycles. The second kappa shape index (κ2) is 3.88. The first-order valence-electron chi connectivity index (χ1n) is 4.33. The van der Waals surface area contributed by atoms with Crippen LogP contribution in [0.2, 0.25) is 0 Å². The molecule has 70 valence electrons. The molecule has 0 amide bonds. The van der Waals surface area contributed by atoms with Crippen LogP contribution in [0.15, 0.2) is 41.5 Å². The SMILES string of the molecule is C=CCc1nc2ccccc2nc1Br. The minimum Gasteiger partial charge on any atom is -0.248 e. The number of hydrogen-bond donors (Lipinski definition) is 0. The lowest BCUT2D eigenvalue weighted by atomic mass is 10.2. The van der Waals surface area contributed by atoms with Gasteiger partial charge in [0.15, 0.2) is 0 Å². The first-order chi connectivity index (χ1) is 6.81. The summed E-state index contributed by atoms with van der Waals surface area (Å²) in [5.41, 5.74) is 2.76. The Morgan fingerprint density at radius 3 is 2.50 bits per heavy atom. The van der Waals surface area contributed by atoms with Gasteiger partial charge in [0, 0.05) is 6.42 Å². The predicted molar refractivity (Wildman–Crippen MR) is 61.1 cm³/mol. The molecular formula is C11H9BrN2. The molecule has 0 bridgehead atoms. The maximum absolute atomic E-state index is 4.48. The van der Waals surface area contributed by atoms with E-state index in [0.29, 0.717) is 0 Å². The zero-order valence-electron chi connectivity index (χ0n) is 7.57. The van der Waals surface area contributed by atoms with Gasteiger partial charge in [0.2, 0.25) is 0 Å². The molecule has 0 saturated heterocycles. The van der Waals surface area contributed by atoms with E-state index in [0.717, 1.165) is 27.8 Å². The third-order valence-corrected chi connectivity index (χ3v) is 2.57. The first kappa shape index (κ1) is 9.34. The van der Waals surface area contributed by atoms with Gasteiger partial charge in [-0.15, -0.1) is 6.58 Å². The summed E-state index contributed by atoms with van der Waals surface area (Å²) in [5, 5.41) is 0. The van der Waals surface area contributed by atoms with Crippen molar-refractivity contribution in [3.8, 4) is 0 Å². The molecule has 0 unspecified atom stereocenters. The number of allylic oxidation sites excluding steroid dienone is 1. The van der Waals surface area contributed by atoms with Crippen molar-refractivity contribution in [3.63, 3.8) is 0 Å². The number of benzene rings is 1. The van der Waals surface area contributed by atoms with Crippen molar-refractivity contribution in [2.24, 2.45) is 0 Å². The van der Waals surface area contributed by atoms with E-state index >= 15 is 0 Å². The van der Waals surface area contributed by atoms with E-state index in [9.17, 15) is 0 Å². The lowest BCUT2D eigenvalue weighted by Crippen LogP contribution is -1.94. The Bertz CT molecular complexity index is 480. The van der Waals surface area contributed by atoms with Gasteiger partial charge in [-0.25, -0.2) is 9.97 Å². The molecule has 3 heteroatoms. The largest absolute Gasteiger partial charge is 0.248 e. The molecule has 0 atom stereocenters. The molecule has 1 aromatic carbocycles. The minimum absolute atomic E-state index is 0.735. The summed E-state index contributed by atoms with van der Waals surface area (Å²) < 4.78 is 0.802. The number of para-hydroxylation sites is 2. The minimum atomic E-state index is 0.735. The number of nitrogens with zero attached hydrogens (tertiary/aromatic N) is 2. The Morgan fingerprint density at radius 2 is 1.86 bits per heavy atom. The average Bonchev–Trinajstić information content (AvgIpc) is 2.19. The van der Waals surface area contributed by atoms with Crippen LogP contribution in [0.1, 0.15) is 5.69 Å². The predicted octanol–water partition coefficient (Wildman–Crippen LogP) is 3.12. The second-order valence-electron chi connectivity index (χ2n) is 2.94. The molecule has 0 fully saturated rings. The number of halogens is 1. The van der Waals surface area contributed by atoms with Gasteiger partial charge < -0.3 is 0 Å². The lowest BCUT2D eigenvalue weighted by molar-refractivity contribution is 1.08. The summed E-state index contributed by atoms with van der Waals surface area (Å²) >= 11 is 3.40. The third-order valence-electron chi connectivity index (χ3n) is 1.93. The number of hydrogen-bond acceptors (Lipinski definition) is 2. The van der Waals surface area contributed by atoms with Crippen molar-refractivity contribution in [2.75, 3.05) is 0 Å². The molecule has 0 aliphatic carbocycles. The van der Waals surface area contributed by atoms with Crippen molar-refractivity contribution in [2.45, 2.75) is 6.42 Å². The molecule has 2 rings (SSSR count). The Kier molecular flexibility index (Phi) is 2.59. The van der Waals surface area contributed by atoms with Crippen molar-refractivity contribution in [3.05, 3.63) is 47.2 Å². The van der Waals surface area contributed by atoms with Crippen LogP contribution < -0.4 is 0 Å². The standard InChI is InChI=1S/C11H9BrN2/c1-2-5-10-11(12)14-9-7-4-3-6-8(9)13-10/h2-4,6-7H,1,5H2. The Morgan fingerprint density at radius 1 is 1.21 bits per heavy atom. The fourth-order valence-corrected chi connectivity index (χ4v) is 1.72. The molecule has 0 aliphatic heterocycles. The summed E-state index contributed by atoms with van der Waals surface area (Å²) in [6, 6.07) is 7.82. The van der Waals surface area contributed by atoms with Crippen LogP contribution in [0.25, 0.3) is 11.0 Å². The highest BCUT2D eigenvalue weighted by molar-refractivity contribution is 9.10. The molecule has 0 radical (unpaired) electrons. The van der Waals surface area contributed by atoms with Gasteiger partial charge in [0.05, 0.1) is 16.7 Å². The van der Waals surface area contributed by atoms with Gasteiger partial charge in [0.1, 0.15) is 4.60 Å². The van der Waals surface area contributed by atoms with Gasteiger partial charge >= 0.3 is 0 Å². The van der Waals surface area contributed by atoms with Gasteiger partial charge in [-0.05, 0) is 28.1 Å². The van der Waals surface area contributed by atoms with Crippen LogP contribution in [0.4, 0.5) is 0 Å². The number of fused-ring (bicyclic) bond motifs is 1. The van der Waals surface area contributed by atoms with E-state index in [1.807, 2.05) is 30.3 Å². The second-order valence-corrected chi connectivity index (χ2v) is 3.69. The van der Waals surface area contributed by atoms with Gasteiger partial charge in [-0.1, -0.05) is 18.2 Å². The summed E-state index contributed by atoms with van der Waals surface area (Å²) in [6.07, 6.45) is 2.56. The zero-order chi connectivity index (χ0) is 9.97. The van der Waals surface area contributed by atoms with Crippen molar-refractivity contribution < 1.29 is 0 Å².